The lowest BCUT2D eigenvalue weighted by atomic mass is 9.85. The number of likely N-dealkylation sites (tertiary alicyclic amines) is 1. The second-order valence-corrected chi connectivity index (χ2v) is 8.13. The van der Waals surface area contributed by atoms with Crippen LogP contribution in [0, 0.1) is 11.8 Å². The lowest BCUT2D eigenvalue weighted by Crippen LogP contribution is -2.51. The smallest absolute Gasteiger partial charge is 0.317 e. The molecule has 2 heterocycles. The fraction of sp³-hybridized carbons (Fsp3) is 0.842. The average molecular weight is 417 g/mol. The largest absolute Gasteiger partial charge is 0.481 e. The van der Waals surface area contributed by atoms with Crippen molar-refractivity contribution in [3.8, 4) is 0 Å². The molecule has 3 rings (SSSR count). The zero-order chi connectivity index (χ0) is 19.2. The highest BCUT2D eigenvalue weighted by Crippen LogP contribution is 2.25. The van der Waals surface area contributed by atoms with Crippen molar-refractivity contribution in [3.63, 3.8) is 0 Å². The molecule has 9 heteroatoms. The van der Waals surface area contributed by atoms with Crippen molar-refractivity contribution < 1.29 is 19.5 Å². The van der Waals surface area contributed by atoms with Crippen LogP contribution >= 0.6 is 12.4 Å². The van der Waals surface area contributed by atoms with Gasteiger partial charge < -0.3 is 26.0 Å². The number of halogens is 1. The first-order valence-corrected chi connectivity index (χ1v) is 10.3. The van der Waals surface area contributed by atoms with Crippen molar-refractivity contribution in [2.45, 2.75) is 63.5 Å². The molecule has 2 saturated heterocycles. The number of aliphatic carboxylic acids is 1. The lowest BCUT2D eigenvalue weighted by Gasteiger charge is -2.34. The third kappa shape index (κ3) is 6.24. The molecular weight excluding hydrogens is 384 g/mol. The van der Waals surface area contributed by atoms with Gasteiger partial charge in [0.05, 0.1) is 5.92 Å². The minimum Gasteiger partial charge on any atom is -0.481 e. The predicted octanol–water partition coefficient (Wildman–Crippen LogP) is 1.34. The Hall–Kier alpha value is -1.54. The van der Waals surface area contributed by atoms with Gasteiger partial charge in [0.15, 0.2) is 0 Å². The highest BCUT2D eigenvalue weighted by Gasteiger charge is 2.31. The van der Waals surface area contributed by atoms with Crippen molar-refractivity contribution in [1.29, 1.82) is 0 Å². The zero-order valence-corrected chi connectivity index (χ0v) is 17.1. The van der Waals surface area contributed by atoms with Crippen LogP contribution in [0.25, 0.3) is 0 Å². The predicted molar refractivity (Wildman–Crippen MR) is 107 cm³/mol. The second-order valence-electron chi connectivity index (χ2n) is 8.13. The van der Waals surface area contributed by atoms with Crippen LogP contribution in [-0.2, 0) is 9.59 Å². The summed E-state index contributed by atoms with van der Waals surface area (Å²) in [6, 6.07) is 0.336. The third-order valence-electron chi connectivity index (χ3n) is 6.24. The minimum atomic E-state index is -0.727. The van der Waals surface area contributed by atoms with Crippen molar-refractivity contribution >= 4 is 30.3 Å². The molecule has 0 aromatic rings. The van der Waals surface area contributed by atoms with Gasteiger partial charge in [0.25, 0.3) is 0 Å². The molecule has 4 N–H and O–H groups in total. The number of hydrogen-bond donors (Lipinski definition) is 4. The number of carboxylic acid groups (broad SMARTS) is 1. The molecule has 3 aliphatic rings. The van der Waals surface area contributed by atoms with Crippen LogP contribution < -0.4 is 16.0 Å². The first-order chi connectivity index (χ1) is 13.0. The van der Waals surface area contributed by atoms with Crippen LogP contribution in [0.2, 0.25) is 0 Å². The standard InChI is InChI=1S/C19H32N4O4.ClH/c24-17(21-15-3-1-14(2-4-15)18(25)26)13-7-11-23(12-8-13)19(27)22-16-5-9-20-10-6-16;/h13-16,20H,1-12H2,(H,21,24)(H,22,27)(H,25,26);1H. The number of carbonyl (C=O) groups is 3. The van der Waals surface area contributed by atoms with Gasteiger partial charge in [-0.25, -0.2) is 4.79 Å². The highest BCUT2D eigenvalue weighted by atomic mass is 35.5. The number of hydrogen-bond acceptors (Lipinski definition) is 4. The summed E-state index contributed by atoms with van der Waals surface area (Å²) in [6.45, 7) is 3.12. The molecule has 0 atom stereocenters. The minimum absolute atomic E-state index is 0. The van der Waals surface area contributed by atoms with Crippen LogP contribution in [0.4, 0.5) is 4.79 Å². The maximum absolute atomic E-state index is 12.5. The number of rotatable bonds is 4. The summed E-state index contributed by atoms with van der Waals surface area (Å²) in [4.78, 5) is 37.8. The van der Waals surface area contributed by atoms with Gasteiger partial charge in [-0.3, -0.25) is 9.59 Å². The first-order valence-electron chi connectivity index (χ1n) is 10.3. The topological polar surface area (TPSA) is 111 Å². The molecule has 0 bridgehead atoms. The van der Waals surface area contributed by atoms with Gasteiger partial charge in [0, 0.05) is 31.1 Å². The van der Waals surface area contributed by atoms with Gasteiger partial charge >= 0.3 is 12.0 Å². The summed E-state index contributed by atoms with van der Waals surface area (Å²) in [7, 11) is 0. The molecule has 160 valence electrons. The second kappa shape index (κ2) is 10.9. The molecule has 3 amide bonds. The van der Waals surface area contributed by atoms with Crippen LogP contribution in [0.3, 0.4) is 0 Å². The summed E-state index contributed by atoms with van der Waals surface area (Å²) in [6.07, 6.45) is 6.06. The fourth-order valence-corrected chi connectivity index (χ4v) is 4.38. The van der Waals surface area contributed by atoms with Gasteiger partial charge in [0.1, 0.15) is 0 Å². The summed E-state index contributed by atoms with van der Waals surface area (Å²) < 4.78 is 0. The molecule has 1 saturated carbocycles. The van der Waals surface area contributed by atoms with E-state index in [2.05, 4.69) is 16.0 Å². The van der Waals surface area contributed by atoms with Crippen molar-refractivity contribution in [2.75, 3.05) is 26.2 Å². The molecular formula is C19H33ClN4O4. The Morgan fingerprint density at radius 2 is 1.36 bits per heavy atom. The average Bonchev–Trinajstić information content (AvgIpc) is 2.69. The number of piperidine rings is 2. The number of nitrogens with one attached hydrogen (secondary N) is 3. The van der Waals surface area contributed by atoms with Gasteiger partial charge in [-0.05, 0) is 64.5 Å². The molecule has 8 nitrogen and oxygen atoms in total. The van der Waals surface area contributed by atoms with Gasteiger partial charge in [0.2, 0.25) is 5.91 Å². The van der Waals surface area contributed by atoms with E-state index in [9.17, 15) is 14.4 Å². The maximum Gasteiger partial charge on any atom is 0.317 e. The van der Waals surface area contributed by atoms with Gasteiger partial charge in [-0.15, -0.1) is 12.4 Å². The van der Waals surface area contributed by atoms with E-state index in [-0.39, 0.29) is 48.3 Å². The normalized spacial score (nSPS) is 26.8. The Labute approximate surface area is 172 Å². The number of carbonyl (C=O) groups excluding carboxylic acids is 2. The van der Waals surface area contributed by atoms with Crippen LogP contribution in [-0.4, -0.2) is 66.2 Å². The third-order valence-corrected chi connectivity index (χ3v) is 6.24. The quantitative estimate of drug-likeness (QED) is 0.552. The van der Waals surface area contributed by atoms with E-state index >= 15 is 0 Å². The molecule has 0 spiro atoms. The van der Waals surface area contributed by atoms with Crippen LogP contribution in [0.5, 0.6) is 0 Å². The number of nitrogens with zero attached hydrogens (tertiary/aromatic N) is 1. The number of carboxylic acids is 1. The molecule has 0 aromatic heterocycles. The number of urea groups is 1. The summed E-state index contributed by atoms with van der Waals surface area (Å²) in [5, 5.41) is 18.6. The van der Waals surface area contributed by atoms with Crippen molar-refractivity contribution in [1.82, 2.24) is 20.9 Å². The molecule has 0 aromatic carbocycles. The molecule has 0 radical (unpaired) electrons. The first kappa shape index (κ1) is 22.7. The molecule has 28 heavy (non-hydrogen) atoms. The van der Waals surface area contributed by atoms with Crippen molar-refractivity contribution in [3.05, 3.63) is 0 Å². The monoisotopic (exact) mass is 416 g/mol. The van der Waals surface area contributed by atoms with E-state index in [1.54, 1.807) is 0 Å². The molecule has 2 aliphatic heterocycles. The van der Waals surface area contributed by atoms with Gasteiger partial charge in [-0.1, -0.05) is 0 Å². The van der Waals surface area contributed by atoms with E-state index in [0.717, 1.165) is 38.8 Å². The highest BCUT2D eigenvalue weighted by molar-refractivity contribution is 5.85. The fourth-order valence-electron chi connectivity index (χ4n) is 4.38. The Morgan fingerprint density at radius 1 is 0.786 bits per heavy atom. The Kier molecular flexibility index (Phi) is 8.82. The van der Waals surface area contributed by atoms with E-state index in [4.69, 9.17) is 5.11 Å². The van der Waals surface area contributed by atoms with E-state index < -0.39 is 5.97 Å². The SMILES string of the molecule is Cl.O=C(O)C1CCC(NC(=O)C2CCN(C(=O)NC3CCNCC3)CC2)CC1. The van der Waals surface area contributed by atoms with Crippen LogP contribution in [0.15, 0.2) is 0 Å². The Bertz CT molecular complexity index is 540. The Balaban J connectivity index is 0.00000280. The van der Waals surface area contributed by atoms with Gasteiger partial charge in [-0.2, -0.15) is 0 Å². The van der Waals surface area contributed by atoms with Crippen molar-refractivity contribution in [2.24, 2.45) is 11.8 Å². The summed E-state index contributed by atoms with van der Waals surface area (Å²) in [5.41, 5.74) is 0. The summed E-state index contributed by atoms with van der Waals surface area (Å²) in [5.74, 6) is -0.980. The van der Waals surface area contributed by atoms with E-state index in [1.165, 1.54) is 0 Å². The number of amides is 3. The zero-order valence-electron chi connectivity index (χ0n) is 16.3. The van der Waals surface area contributed by atoms with Crippen LogP contribution in [0.1, 0.15) is 51.4 Å². The lowest BCUT2D eigenvalue weighted by molar-refractivity contribution is -0.142. The summed E-state index contributed by atoms with van der Waals surface area (Å²) >= 11 is 0. The van der Waals surface area contributed by atoms with E-state index in [1.807, 2.05) is 4.90 Å². The molecule has 1 aliphatic carbocycles. The molecule has 0 unspecified atom stereocenters. The Morgan fingerprint density at radius 3 is 1.93 bits per heavy atom. The maximum atomic E-state index is 12.5. The van der Waals surface area contributed by atoms with E-state index in [0.29, 0.717) is 38.8 Å². The molecule has 3 fully saturated rings.